The molecular weight excluding hydrogens is 469 g/mol. The summed E-state index contributed by atoms with van der Waals surface area (Å²) in [6, 6.07) is 0.256. The molecule has 164 valence electrons. The van der Waals surface area contributed by atoms with Crippen LogP contribution in [0.2, 0.25) is 0 Å². The average molecular weight is 509 g/mol. The highest BCUT2D eigenvalue weighted by Crippen LogP contribution is 2.14. The zero-order valence-corrected chi connectivity index (χ0v) is 20.2. The summed E-state index contributed by atoms with van der Waals surface area (Å²) in [4.78, 5) is 14.3. The summed E-state index contributed by atoms with van der Waals surface area (Å²) < 4.78 is 9.10. The average Bonchev–Trinajstić information content (AvgIpc) is 2.66. The van der Waals surface area contributed by atoms with Crippen LogP contribution >= 0.6 is 22.9 Å². The minimum absolute atomic E-state index is 0.179. The van der Waals surface area contributed by atoms with Gasteiger partial charge in [0.05, 0.1) is 19.4 Å². The quantitative estimate of drug-likeness (QED) is 0.0888. The summed E-state index contributed by atoms with van der Waals surface area (Å²) in [5.74, 6) is 0.352. The molecule has 0 aromatic heterocycles. The van der Waals surface area contributed by atoms with Crippen LogP contribution in [0.5, 0.6) is 0 Å². The zero-order chi connectivity index (χ0) is 21.5. The molecule has 6 N–H and O–H groups in total. The normalized spacial score (nSPS) is 16.0. The van der Waals surface area contributed by atoms with E-state index in [9.17, 15) is 4.79 Å². The first-order valence-electron chi connectivity index (χ1n) is 10.0. The van der Waals surface area contributed by atoms with Gasteiger partial charge in [0, 0.05) is 40.6 Å². The molecule has 0 radical (unpaired) electrons. The van der Waals surface area contributed by atoms with E-state index in [2.05, 4.69) is 64.4 Å². The molecule has 0 aliphatic rings. The maximum atomic E-state index is 12.0. The van der Waals surface area contributed by atoms with Gasteiger partial charge in [0.25, 0.3) is 0 Å². The van der Waals surface area contributed by atoms with Crippen molar-refractivity contribution in [3.05, 3.63) is 23.9 Å². The number of rotatable bonds is 15. The number of nitrogens with zero attached hydrogens (tertiary/aromatic N) is 1. The van der Waals surface area contributed by atoms with Gasteiger partial charge in [-0.15, -0.1) is 0 Å². The van der Waals surface area contributed by atoms with Crippen LogP contribution in [0.15, 0.2) is 23.9 Å². The van der Waals surface area contributed by atoms with Gasteiger partial charge in [0.15, 0.2) is 0 Å². The van der Waals surface area contributed by atoms with Crippen LogP contribution in [0.1, 0.15) is 47.0 Å². The van der Waals surface area contributed by atoms with E-state index in [1.54, 1.807) is 0 Å². The fourth-order valence-corrected chi connectivity index (χ4v) is 3.47. The second-order valence-corrected chi connectivity index (χ2v) is 8.01. The molecule has 1 amide bonds. The zero-order valence-electron chi connectivity index (χ0n) is 18.1. The Balaban J connectivity index is 4.26. The van der Waals surface area contributed by atoms with Crippen LogP contribution in [0, 0.1) is 5.92 Å². The van der Waals surface area contributed by atoms with Crippen LogP contribution in [0.3, 0.4) is 0 Å². The van der Waals surface area contributed by atoms with Crippen LogP contribution < -0.4 is 20.3 Å². The first-order chi connectivity index (χ1) is 13.3. The maximum Gasteiger partial charge on any atom is 0.241 e. The minimum atomic E-state index is -0.529. The summed E-state index contributed by atoms with van der Waals surface area (Å²) in [7, 11) is 2.09. The summed E-state index contributed by atoms with van der Waals surface area (Å²) in [6.07, 6.45) is 7.84. The van der Waals surface area contributed by atoms with Crippen molar-refractivity contribution in [2.24, 2.45) is 17.4 Å². The van der Waals surface area contributed by atoms with E-state index in [1.807, 2.05) is 25.2 Å². The smallest absolute Gasteiger partial charge is 0.241 e. The Kier molecular flexibility index (Phi) is 16.0. The highest BCUT2D eigenvalue weighted by molar-refractivity contribution is 14.1. The molecule has 8 heteroatoms. The van der Waals surface area contributed by atoms with Crippen molar-refractivity contribution < 1.29 is 9.53 Å². The Bertz CT molecular complexity index is 485. The summed E-state index contributed by atoms with van der Waals surface area (Å²) in [5, 5.41) is 2.84. The summed E-state index contributed by atoms with van der Waals surface area (Å²) >= 11 is 2.20. The molecule has 0 rings (SSSR count). The van der Waals surface area contributed by atoms with Crippen LogP contribution in [0.25, 0.3) is 0 Å². The molecule has 28 heavy (non-hydrogen) atoms. The van der Waals surface area contributed by atoms with Gasteiger partial charge in [-0.2, -0.15) is 0 Å². The van der Waals surface area contributed by atoms with Gasteiger partial charge in [-0.05, 0) is 58.7 Å². The van der Waals surface area contributed by atoms with Gasteiger partial charge in [-0.3, -0.25) is 13.2 Å². The molecule has 0 fully saturated rings. The van der Waals surface area contributed by atoms with Gasteiger partial charge < -0.3 is 21.5 Å². The molecule has 2 unspecified atom stereocenters. The third-order valence-electron chi connectivity index (χ3n) is 4.53. The van der Waals surface area contributed by atoms with E-state index >= 15 is 0 Å². The number of hydrogen-bond acceptors (Lipinski definition) is 6. The molecule has 0 bridgehead atoms. The fraction of sp³-hybridized carbons (Fsp3) is 0.750. The predicted octanol–water partition coefficient (Wildman–Crippen LogP) is 2.28. The molecule has 7 nitrogen and oxygen atoms in total. The van der Waals surface area contributed by atoms with E-state index in [0.717, 1.165) is 18.5 Å². The third kappa shape index (κ3) is 11.5. The van der Waals surface area contributed by atoms with E-state index < -0.39 is 6.04 Å². The lowest BCUT2D eigenvalue weighted by Crippen LogP contribution is -2.48. The summed E-state index contributed by atoms with van der Waals surface area (Å²) in [5.41, 5.74) is 12.1. The van der Waals surface area contributed by atoms with E-state index in [0.29, 0.717) is 44.3 Å². The van der Waals surface area contributed by atoms with Crippen molar-refractivity contribution in [3.63, 3.8) is 0 Å². The molecule has 0 spiro atoms. The fourth-order valence-electron chi connectivity index (χ4n) is 3.10. The Hall–Kier alpha value is -0.520. The number of carbonyl (C=O) groups is 1. The molecule has 0 aliphatic carbocycles. The first-order valence-corrected chi connectivity index (χ1v) is 11.1. The number of hydrogen-bond donors (Lipinski definition) is 4. The third-order valence-corrected chi connectivity index (χ3v) is 5.51. The van der Waals surface area contributed by atoms with E-state index in [-0.39, 0.29) is 5.91 Å². The number of nitrogens with two attached hydrogens (primary N) is 2. The molecule has 3 atom stereocenters. The van der Waals surface area contributed by atoms with Crippen LogP contribution in [0.4, 0.5) is 0 Å². The Morgan fingerprint density at radius 3 is 2.54 bits per heavy atom. The highest BCUT2D eigenvalue weighted by Gasteiger charge is 2.24. The number of carbonyl (C=O) groups excluding carboxylic acids is 1. The Morgan fingerprint density at radius 1 is 1.32 bits per heavy atom. The molecule has 0 heterocycles. The molecule has 0 aliphatic heterocycles. The highest BCUT2D eigenvalue weighted by atomic mass is 127. The number of ether oxygens (including phenoxy) is 1. The molecule has 0 aromatic carbocycles. The SMILES string of the molecule is C/C=C(\C=C/CCOCN(C)C(C(C)C)C(C)NI)NC(=O)[C@@H](N)CCCN. The monoisotopic (exact) mass is 509 g/mol. The summed E-state index contributed by atoms with van der Waals surface area (Å²) in [6.45, 7) is 10.3. The Morgan fingerprint density at radius 2 is 2.00 bits per heavy atom. The van der Waals surface area contributed by atoms with Gasteiger partial charge in [-0.25, -0.2) is 0 Å². The lowest BCUT2D eigenvalue weighted by Gasteiger charge is -2.35. The van der Waals surface area contributed by atoms with Crippen LogP contribution in [-0.2, 0) is 9.53 Å². The number of halogens is 1. The molecule has 0 saturated heterocycles. The molecule has 0 aromatic rings. The standard InChI is InChI=1S/C20H40IN5O2/c1-6-17(24-20(27)18(23)11-9-12-22)10-7-8-13-28-14-26(5)19(15(2)3)16(4)25-21/h6-7,10,15-16,18-19,25H,8-9,11-14,22-23H2,1-5H3,(H,24,27)/b10-7-,17-6+/t16?,18-,19?/m0/s1. The van der Waals surface area contributed by atoms with Crippen molar-refractivity contribution in [1.82, 2.24) is 13.7 Å². The van der Waals surface area contributed by atoms with Crippen molar-refractivity contribution in [1.29, 1.82) is 0 Å². The van der Waals surface area contributed by atoms with E-state index in [4.69, 9.17) is 16.2 Å². The van der Waals surface area contributed by atoms with Gasteiger partial charge in [0.1, 0.15) is 0 Å². The van der Waals surface area contributed by atoms with Crippen molar-refractivity contribution in [2.45, 2.75) is 65.1 Å². The van der Waals surface area contributed by atoms with Crippen molar-refractivity contribution in [2.75, 3.05) is 26.9 Å². The maximum absolute atomic E-state index is 12.0. The second-order valence-electron chi connectivity index (χ2n) is 7.39. The lowest BCUT2D eigenvalue weighted by atomic mass is 9.97. The number of nitrogens with one attached hydrogen (secondary N) is 2. The predicted molar refractivity (Wildman–Crippen MR) is 126 cm³/mol. The second kappa shape index (κ2) is 16.3. The number of likely N-dealkylation sites (N-methyl/N-ethyl adjacent to an activating group) is 1. The minimum Gasteiger partial charge on any atom is -0.366 e. The van der Waals surface area contributed by atoms with Gasteiger partial charge >= 0.3 is 0 Å². The number of allylic oxidation sites excluding steroid dienone is 2. The van der Waals surface area contributed by atoms with E-state index in [1.165, 1.54) is 0 Å². The van der Waals surface area contributed by atoms with Gasteiger partial charge in [-0.1, -0.05) is 26.0 Å². The van der Waals surface area contributed by atoms with Gasteiger partial charge in [0.2, 0.25) is 5.91 Å². The lowest BCUT2D eigenvalue weighted by molar-refractivity contribution is -0.121. The number of amides is 1. The van der Waals surface area contributed by atoms with Crippen molar-refractivity contribution in [3.8, 4) is 0 Å². The topological polar surface area (TPSA) is 106 Å². The largest absolute Gasteiger partial charge is 0.366 e. The van der Waals surface area contributed by atoms with Crippen molar-refractivity contribution >= 4 is 28.8 Å². The Labute approximate surface area is 185 Å². The first kappa shape index (κ1) is 27.5. The molecule has 0 saturated carbocycles. The molecular formula is C20H40IN5O2. The van der Waals surface area contributed by atoms with Crippen LogP contribution in [-0.4, -0.2) is 55.9 Å².